The second kappa shape index (κ2) is 4.26. The zero-order valence-electron chi connectivity index (χ0n) is 11.5. The first-order valence-corrected chi connectivity index (χ1v) is 7.81. The third-order valence-electron chi connectivity index (χ3n) is 6.04. The van der Waals surface area contributed by atoms with Crippen molar-refractivity contribution in [2.75, 3.05) is 0 Å². The molecule has 1 N–H and O–H groups in total. The van der Waals surface area contributed by atoms with E-state index in [9.17, 15) is 5.11 Å². The van der Waals surface area contributed by atoms with Gasteiger partial charge in [-0.25, -0.2) is 0 Å². The number of hydrogen-bond acceptors (Lipinski definition) is 1. The zero-order valence-corrected chi connectivity index (χ0v) is 11.5. The Hall–Kier alpha value is -0.0400. The second-order valence-electron chi connectivity index (χ2n) is 7.40. The molecular formula is C16H28O. The molecule has 4 atom stereocenters. The summed E-state index contributed by atoms with van der Waals surface area (Å²) in [4.78, 5) is 0. The van der Waals surface area contributed by atoms with Crippen LogP contribution in [0.4, 0.5) is 0 Å². The van der Waals surface area contributed by atoms with Crippen LogP contribution in [0.25, 0.3) is 0 Å². The number of rotatable bonds is 1. The van der Waals surface area contributed by atoms with Crippen LogP contribution in [0.15, 0.2) is 0 Å². The summed E-state index contributed by atoms with van der Waals surface area (Å²) in [5.74, 6) is 4.21. The molecule has 0 saturated heterocycles. The smallest absolute Gasteiger partial charge is 0.0625 e. The molecule has 3 aliphatic rings. The van der Waals surface area contributed by atoms with Crippen LogP contribution in [0, 0.1) is 29.6 Å². The molecule has 0 radical (unpaired) electrons. The highest BCUT2D eigenvalue weighted by molar-refractivity contribution is 5.04. The third-order valence-corrected chi connectivity index (χ3v) is 6.04. The summed E-state index contributed by atoms with van der Waals surface area (Å²) in [7, 11) is 0. The topological polar surface area (TPSA) is 20.2 Å². The molecule has 0 bridgehead atoms. The Morgan fingerprint density at radius 1 is 0.706 bits per heavy atom. The molecule has 1 heteroatoms. The fourth-order valence-electron chi connectivity index (χ4n) is 5.70. The van der Waals surface area contributed by atoms with Gasteiger partial charge in [-0.2, -0.15) is 0 Å². The molecule has 3 saturated carbocycles. The largest absolute Gasteiger partial charge is 0.390 e. The summed E-state index contributed by atoms with van der Waals surface area (Å²) >= 11 is 0. The van der Waals surface area contributed by atoms with E-state index in [-0.39, 0.29) is 0 Å². The van der Waals surface area contributed by atoms with Gasteiger partial charge < -0.3 is 5.11 Å². The molecule has 0 aromatic heterocycles. The minimum atomic E-state index is -0.447. The Balaban J connectivity index is 1.90. The maximum atomic E-state index is 10.6. The van der Waals surface area contributed by atoms with E-state index in [0.717, 1.165) is 23.7 Å². The zero-order chi connectivity index (χ0) is 12.0. The lowest BCUT2D eigenvalue weighted by atomic mass is 9.71. The fraction of sp³-hybridized carbons (Fsp3) is 1.00. The molecule has 0 aromatic carbocycles. The van der Waals surface area contributed by atoms with Crippen molar-refractivity contribution in [3.8, 4) is 0 Å². The molecule has 0 amide bonds. The monoisotopic (exact) mass is 236 g/mol. The molecule has 4 unspecified atom stereocenters. The Morgan fingerprint density at radius 3 is 1.41 bits per heavy atom. The molecule has 0 spiro atoms. The molecule has 17 heavy (non-hydrogen) atoms. The first-order chi connectivity index (χ1) is 8.09. The van der Waals surface area contributed by atoms with Gasteiger partial charge in [-0.3, -0.25) is 0 Å². The summed E-state index contributed by atoms with van der Waals surface area (Å²) in [5.41, 5.74) is -0.447. The Bertz CT molecular complexity index is 256. The van der Waals surface area contributed by atoms with E-state index >= 15 is 0 Å². The van der Waals surface area contributed by atoms with Crippen LogP contribution in [0.1, 0.15) is 65.2 Å². The first kappa shape index (κ1) is 12.0. The van der Waals surface area contributed by atoms with Crippen LogP contribution in [-0.2, 0) is 0 Å². The van der Waals surface area contributed by atoms with Crippen molar-refractivity contribution in [2.45, 2.75) is 70.8 Å². The van der Waals surface area contributed by atoms with Crippen LogP contribution in [-0.4, -0.2) is 10.7 Å². The highest BCUT2D eigenvalue weighted by Gasteiger charge is 2.54. The molecule has 3 fully saturated rings. The van der Waals surface area contributed by atoms with Crippen molar-refractivity contribution in [3.63, 3.8) is 0 Å². The Labute approximate surface area is 106 Å². The van der Waals surface area contributed by atoms with Crippen LogP contribution < -0.4 is 0 Å². The fourth-order valence-corrected chi connectivity index (χ4v) is 5.70. The highest BCUT2D eigenvalue weighted by atomic mass is 16.3. The van der Waals surface area contributed by atoms with E-state index in [1.807, 2.05) is 0 Å². The van der Waals surface area contributed by atoms with Gasteiger partial charge in [0.2, 0.25) is 0 Å². The Morgan fingerprint density at radius 2 is 1.06 bits per heavy atom. The van der Waals surface area contributed by atoms with Gasteiger partial charge in [-0.15, -0.1) is 0 Å². The predicted octanol–water partition coefficient (Wildman–Crippen LogP) is 4.00. The average molecular weight is 236 g/mol. The summed E-state index contributed by atoms with van der Waals surface area (Å²) < 4.78 is 0. The van der Waals surface area contributed by atoms with E-state index < -0.39 is 5.60 Å². The van der Waals surface area contributed by atoms with Gasteiger partial charge in [0.25, 0.3) is 0 Å². The lowest BCUT2D eigenvalue weighted by molar-refractivity contribution is -0.0333. The van der Waals surface area contributed by atoms with Crippen LogP contribution in [0.5, 0.6) is 0 Å². The van der Waals surface area contributed by atoms with Crippen LogP contribution in [0.3, 0.4) is 0 Å². The van der Waals surface area contributed by atoms with Crippen LogP contribution >= 0.6 is 0 Å². The average Bonchev–Trinajstić information content (AvgIpc) is 2.63. The standard InChI is InChI=1S/C16H28O/c1-16(2,17)15-13-9-5-3-7-11(13)12-8-4-6-10-14(12)15/h11-15,17H,3-10H2,1-2H3. The minimum Gasteiger partial charge on any atom is -0.390 e. The van der Waals surface area contributed by atoms with Gasteiger partial charge in [-0.1, -0.05) is 25.7 Å². The van der Waals surface area contributed by atoms with Crippen molar-refractivity contribution in [1.29, 1.82) is 0 Å². The van der Waals surface area contributed by atoms with E-state index in [0.29, 0.717) is 5.92 Å². The number of hydrogen-bond donors (Lipinski definition) is 1. The van der Waals surface area contributed by atoms with Crippen LogP contribution in [0.2, 0.25) is 0 Å². The molecule has 98 valence electrons. The van der Waals surface area contributed by atoms with E-state index in [2.05, 4.69) is 13.8 Å². The normalized spacial score (nSPS) is 46.4. The molecule has 3 aliphatic carbocycles. The molecule has 3 rings (SSSR count). The van der Waals surface area contributed by atoms with Crippen molar-refractivity contribution in [3.05, 3.63) is 0 Å². The quantitative estimate of drug-likeness (QED) is 0.729. The summed E-state index contributed by atoms with van der Waals surface area (Å²) in [6.45, 7) is 4.14. The lowest BCUT2D eigenvalue weighted by Crippen LogP contribution is -2.39. The Kier molecular flexibility index (Phi) is 3.01. The summed E-state index contributed by atoms with van der Waals surface area (Å²) in [5, 5.41) is 10.6. The maximum Gasteiger partial charge on any atom is 0.0625 e. The third kappa shape index (κ3) is 1.95. The second-order valence-corrected chi connectivity index (χ2v) is 7.40. The summed E-state index contributed by atoms with van der Waals surface area (Å²) in [6, 6.07) is 0. The highest BCUT2D eigenvalue weighted by Crippen LogP contribution is 2.59. The molecule has 0 aromatic rings. The molecule has 1 nitrogen and oxygen atoms in total. The predicted molar refractivity (Wildman–Crippen MR) is 70.7 cm³/mol. The van der Waals surface area contributed by atoms with Gasteiger partial charge in [-0.05, 0) is 69.1 Å². The van der Waals surface area contributed by atoms with Gasteiger partial charge >= 0.3 is 0 Å². The van der Waals surface area contributed by atoms with Crippen molar-refractivity contribution >= 4 is 0 Å². The van der Waals surface area contributed by atoms with Gasteiger partial charge in [0.15, 0.2) is 0 Å². The van der Waals surface area contributed by atoms with E-state index in [4.69, 9.17) is 0 Å². The first-order valence-electron chi connectivity index (χ1n) is 7.81. The summed E-state index contributed by atoms with van der Waals surface area (Å²) in [6.07, 6.45) is 11.4. The van der Waals surface area contributed by atoms with Crippen molar-refractivity contribution < 1.29 is 5.11 Å². The van der Waals surface area contributed by atoms with E-state index in [1.165, 1.54) is 51.4 Å². The van der Waals surface area contributed by atoms with Gasteiger partial charge in [0.05, 0.1) is 5.60 Å². The molecule has 0 aliphatic heterocycles. The van der Waals surface area contributed by atoms with Crippen molar-refractivity contribution in [1.82, 2.24) is 0 Å². The molecule has 0 heterocycles. The number of aliphatic hydroxyl groups is 1. The van der Waals surface area contributed by atoms with Crippen molar-refractivity contribution in [2.24, 2.45) is 29.6 Å². The molecular weight excluding hydrogens is 208 g/mol. The minimum absolute atomic E-state index is 0.447. The van der Waals surface area contributed by atoms with E-state index in [1.54, 1.807) is 0 Å². The van der Waals surface area contributed by atoms with Gasteiger partial charge in [0.1, 0.15) is 0 Å². The lowest BCUT2D eigenvalue weighted by Gasteiger charge is -2.38. The number of fused-ring (bicyclic) bond motifs is 3. The maximum absolute atomic E-state index is 10.6. The SMILES string of the molecule is CC(C)(O)C1C2CCCCC2C2CCCCC21. The van der Waals surface area contributed by atoms with Gasteiger partial charge in [0, 0.05) is 0 Å².